The molecular weight excluding hydrogens is 405 g/mol. The molecule has 0 spiro atoms. The number of nitrogens with two attached hydrogens (primary N) is 1. The van der Waals surface area contributed by atoms with E-state index in [4.69, 9.17) is 25.1 Å². The number of hydrogen-bond acceptors (Lipinski definition) is 8. The van der Waals surface area contributed by atoms with Crippen molar-refractivity contribution in [1.82, 2.24) is 0 Å². The van der Waals surface area contributed by atoms with Crippen molar-refractivity contribution >= 4 is 17.8 Å². The van der Waals surface area contributed by atoms with Gasteiger partial charge in [0.2, 0.25) is 0 Å². The van der Waals surface area contributed by atoms with Gasteiger partial charge in [0.25, 0.3) is 12.1 Å². The molecule has 1 amide bonds. The van der Waals surface area contributed by atoms with Gasteiger partial charge < -0.3 is 35.3 Å². The zero-order valence-corrected chi connectivity index (χ0v) is 15.0. The number of aliphatic hydroxyl groups is 2. The lowest BCUT2D eigenvalue weighted by atomic mass is 10.1. The molecule has 4 atom stereocenters. The first kappa shape index (κ1) is 24.3. The van der Waals surface area contributed by atoms with Crippen molar-refractivity contribution in [3.8, 4) is 0 Å². The number of carboxylic acids is 1. The molecule has 4 N–H and O–H groups in total. The van der Waals surface area contributed by atoms with Crippen molar-refractivity contribution in [1.29, 1.82) is 0 Å². The lowest BCUT2D eigenvalue weighted by Crippen LogP contribution is -2.46. The Balaban J connectivity index is 0.000000516. The first-order valence-corrected chi connectivity index (χ1v) is 8.14. The Bertz CT molecular complexity index is 743. The van der Waals surface area contributed by atoms with E-state index in [1.54, 1.807) is 19.2 Å². The fourth-order valence-electron chi connectivity index (χ4n) is 2.19. The van der Waals surface area contributed by atoms with Gasteiger partial charge in [-0.05, 0) is 6.07 Å². The Kier molecular flexibility index (Phi) is 8.48. The molecule has 13 heteroatoms. The normalized spacial score (nSPS) is 23.7. The van der Waals surface area contributed by atoms with Crippen LogP contribution in [0.25, 0.3) is 0 Å². The highest BCUT2D eigenvalue weighted by Gasteiger charge is 2.48. The maximum Gasteiger partial charge on any atom is 0.430 e. The molecule has 0 radical (unpaired) electrons. The van der Waals surface area contributed by atoms with Crippen molar-refractivity contribution in [2.24, 2.45) is 5.73 Å². The van der Waals surface area contributed by atoms with Crippen LogP contribution in [0.5, 0.6) is 0 Å². The summed E-state index contributed by atoms with van der Waals surface area (Å²) in [7, 11) is 0. The van der Waals surface area contributed by atoms with Gasteiger partial charge in [0, 0.05) is 12.5 Å². The average Bonchev–Trinajstić information content (AvgIpc) is 2.94. The number of ether oxygens (including phenoxy) is 2. The number of amides is 1. The molecule has 10 nitrogen and oxygen atoms in total. The van der Waals surface area contributed by atoms with E-state index in [2.05, 4.69) is 0 Å². The van der Waals surface area contributed by atoms with Gasteiger partial charge in [0.05, 0.1) is 0 Å². The summed E-state index contributed by atoms with van der Waals surface area (Å²) in [6, 6.07) is 3.10. The number of rotatable bonds is 5. The van der Waals surface area contributed by atoms with Crippen LogP contribution < -0.4 is 15.4 Å². The van der Waals surface area contributed by atoms with Gasteiger partial charge in [-0.15, -0.1) is 0 Å². The fourth-order valence-corrected chi connectivity index (χ4v) is 2.19. The molecule has 0 saturated carbocycles. The number of esters is 1. The second-order valence-electron chi connectivity index (χ2n) is 5.77. The zero-order chi connectivity index (χ0) is 22.4. The van der Waals surface area contributed by atoms with Crippen LogP contribution in [0.2, 0.25) is 0 Å². The van der Waals surface area contributed by atoms with E-state index in [9.17, 15) is 33.0 Å². The number of alkyl halides is 3. The minimum atomic E-state index is -5.19. The second-order valence-corrected chi connectivity index (χ2v) is 5.77. The first-order valence-electron chi connectivity index (χ1n) is 8.14. The van der Waals surface area contributed by atoms with Crippen molar-refractivity contribution in [2.45, 2.75) is 44.1 Å². The third kappa shape index (κ3) is 6.96. The van der Waals surface area contributed by atoms with E-state index in [1.165, 1.54) is 16.8 Å². The second kappa shape index (κ2) is 10.1. The van der Waals surface area contributed by atoms with Crippen LogP contribution >= 0.6 is 0 Å². The summed E-state index contributed by atoms with van der Waals surface area (Å²) in [5, 5.41) is 28.8. The number of carbonyl (C=O) groups is 3. The number of halogens is 3. The highest BCUT2D eigenvalue weighted by molar-refractivity contribution is 5.92. The Morgan fingerprint density at radius 3 is 2.38 bits per heavy atom. The van der Waals surface area contributed by atoms with Gasteiger partial charge in [-0.1, -0.05) is 6.92 Å². The smallest absolute Gasteiger partial charge is 0.430 e. The number of aromatic nitrogens is 1. The molecule has 29 heavy (non-hydrogen) atoms. The Labute approximate surface area is 162 Å². The lowest BCUT2D eigenvalue weighted by molar-refractivity contribution is -0.765. The number of aliphatic hydroxyl groups excluding tert-OH is 2. The Morgan fingerprint density at radius 1 is 1.31 bits per heavy atom. The number of nitrogens with zero attached hydrogens (tertiary/aromatic N) is 1. The van der Waals surface area contributed by atoms with Gasteiger partial charge in [-0.25, -0.2) is 0 Å². The average molecular weight is 424 g/mol. The molecule has 1 saturated heterocycles. The maximum absolute atomic E-state index is 11.2. The molecule has 1 aromatic rings. The predicted octanol–water partition coefficient (Wildman–Crippen LogP) is -2.06. The van der Waals surface area contributed by atoms with Crippen molar-refractivity contribution in [3.05, 3.63) is 30.1 Å². The van der Waals surface area contributed by atoms with Crippen LogP contribution in [-0.2, 0) is 19.1 Å². The van der Waals surface area contributed by atoms with Gasteiger partial charge in [0.1, 0.15) is 30.3 Å². The van der Waals surface area contributed by atoms with Crippen LogP contribution in [-0.4, -0.2) is 59.2 Å². The standard InChI is InChI=1S/C14H18N2O6.C2HF3O2/c1-2-10(17)21-7-9-11(18)12(19)14(22-9)16-5-3-4-8(6-16)13(15)20;3-2(4,5)1(6)7/h3-6,9,11-12,14,18-19H,2,7H2,1H3,(H-,15,20);(H,6,7)/t9-,11-,12-,14-;/m1./s1. The van der Waals surface area contributed by atoms with Crippen LogP contribution in [0.3, 0.4) is 0 Å². The van der Waals surface area contributed by atoms with Gasteiger partial charge in [-0.3, -0.25) is 9.59 Å². The van der Waals surface area contributed by atoms with Crippen LogP contribution in [0.1, 0.15) is 29.9 Å². The van der Waals surface area contributed by atoms with Gasteiger partial charge >= 0.3 is 12.1 Å². The third-order valence-corrected chi connectivity index (χ3v) is 3.67. The molecule has 1 aromatic heterocycles. The van der Waals surface area contributed by atoms with Crippen molar-refractivity contribution in [2.75, 3.05) is 6.61 Å². The molecular formula is C16H19F3N2O8. The summed E-state index contributed by atoms with van der Waals surface area (Å²) >= 11 is 0. The fraction of sp³-hybridized carbons (Fsp3) is 0.500. The van der Waals surface area contributed by atoms with E-state index >= 15 is 0 Å². The van der Waals surface area contributed by atoms with Gasteiger partial charge in [-0.2, -0.15) is 17.7 Å². The summed E-state index contributed by atoms with van der Waals surface area (Å²) in [4.78, 5) is 31.1. The number of hydrogen-bond donors (Lipinski definition) is 3. The molecule has 2 rings (SSSR count). The minimum Gasteiger partial charge on any atom is -0.542 e. The predicted molar refractivity (Wildman–Crippen MR) is 83.4 cm³/mol. The molecule has 0 aliphatic carbocycles. The highest BCUT2D eigenvalue weighted by atomic mass is 19.4. The van der Waals surface area contributed by atoms with E-state index in [1.807, 2.05) is 0 Å². The molecule has 0 aromatic carbocycles. The monoisotopic (exact) mass is 424 g/mol. The molecule has 162 valence electrons. The number of pyridine rings is 1. The lowest BCUT2D eigenvalue weighted by Gasteiger charge is -2.13. The van der Waals surface area contributed by atoms with E-state index in [0.717, 1.165) is 0 Å². The quantitative estimate of drug-likeness (QED) is 0.359. The number of carbonyl (C=O) groups excluding carboxylic acids is 3. The summed E-state index contributed by atoms with van der Waals surface area (Å²) in [6.07, 6.45) is -6.17. The summed E-state index contributed by atoms with van der Waals surface area (Å²) in [5.74, 6) is -4.04. The number of carboxylic acid groups (broad SMARTS) is 1. The summed E-state index contributed by atoms with van der Waals surface area (Å²) < 4.78 is 43.4. The largest absolute Gasteiger partial charge is 0.542 e. The molecule has 0 bridgehead atoms. The topological polar surface area (TPSA) is 163 Å². The van der Waals surface area contributed by atoms with E-state index in [0.29, 0.717) is 0 Å². The van der Waals surface area contributed by atoms with Crippen molar-refractivity contribution in [3.63, 3.8) is 0 Å². The number of aliphatic carboxylic acids is 1. The van der Waals surface area contributed by atoms with Crippen LogP contribution in [0, 0.1) is 0 Å². The molecule has 1 aliphatic rings. The van der Waals surface area contributed by atoms with E-state index < -0.39 is 48.6 Å². The molecule has 0 unspecified atom stereocenters. The van der Waals surface area contributed by atoms with Crippen LogP contribution in [0.15, 0.2) is 24.5 Å². The van der Waals surface area contributed by atoms with Gasteiger partial charge in [0.15, 0.2) is 18.5 Å². The molecule has 2 heterocycles. The van der Waals surface area contributed by atoms with E-state index in [-0.39, 0.29) is 18.6 Å². The molecule has 1 fully saturated rings. The zero-order valence-electron chi connectivity index (χ0n) is 15.0. The van der Waals surface area contributed by atoms with Crippen molar-refractivity contribution < 1.29 is 56.9 Å². The number of primary amides is 1. The Hall–Kier alpha value is -2.77. The summed E-state index contributed by atoms with van der Waals surface area (Å²) in [6.45, 7) is 1.49. The van der Waals surface area contributed by atoms with Crippen LogP contribution in [0.4, 0.5) is 13.2 Å². The summed E-state index contributed by atoms with van der Waals surface area (Å²) in [5.41, 5.74) is 5.45. The minimum absolute atomic E-state index is 0.155. The third-order valence-electron chi connectivity index (χ3n) is 3.67. The highest BCUT2D eigenvalue weighted by Crippen LogP contribution is 2.25. The Morgan fingerprint density at radius 2 is 1.90 bits per heavy atom. The SMILES string of the molecule is CCC(=O)OC[C@H]1O[C@@H]([n+]2cccc(C(N)=O)c2)[C@H](O)[C@@H]1O.O=C([O-])C(F)(F)F. The maximum atomic E-state index is 11.2. The molecule has 1 aliphatic heterocycles. The first-order chi connectivity index (χ1) is 13.4.